The van der Waals surface area contributed by atoms with Crippen molar-refractivity contribution in [1.82, 2.24) is 14.8 Å². The lowest BCUT2D eigenvalue weighted by atomic mass is 9.97. The molecule has 2 aliphatic heterocycles. The second-order valence-corrected chi connectivity index (χ2v) is 10.4. The van der Waals surface area contributed by atoms with Crippen LogP contribution in [-0.2, 0) is 9.53 Å². The van der Waals surface area contributed by atoms with Gasteiger partial charge in [0, 0.05) is 49.3 Å². The first-order valence-electron chi connectivity index (χ1n) is 14.4. The number of rotatable bonds is 11. The van der Waals surface area contributed by atoms with E-state index in [4.69, 9.17) is 24.0 Å². The molecule has 10 nitrogen and oxygen atoms in total. The van der Waals surface area contributed by atoms with Gasteiger partial charge >= 0.3 is 0 Å². The Morgan fingerprint density at radius 3 is 2.37 bits per heavy atom. The molecule has 0 saturated carbocycles. The molecule has 1 fully saturated rings. The average Bonchev–Trinajstić information content (AvgIpc) is 3.52. The molecule has 43 heavy (non-hydrogen) atoms. The monoisotopic (exact) mass is 586 g/mol. The first-order chi connectivity index (χ1) is 21.0. The van der Waals surface area contributed by atoms with Gasteiger partial charge in [-0.3, -0.25) is 14.5 Å². The number of methoxy groups -OCH3 is 3. The topological polar surface area (TPSA) is 93.1 Å². The minimum atomic E-state index is -0.401. The highest BCUT2D eigenvalue weighted by Gasteiger charge is 2.36. The van der Waals surface area contributed by atoms with Crippen molar-refractivity contribution in [2.45, 2.75) is 12.5 Å². The van der Waals surface area contributed by atoms with Gasteiger partial charge in [0.25, 0.3) is 11.8 Å². The average molecular weight is 587 g/mol. The van der Waals surface area contributed by atoms with E-state index < -0.39 is 6.04 Å². The van der Waals surface area contributed by atoms with Gasteiger partial charge in [-0.05, 0) is 42.5 Å². The third kappa shape index (κ3) is 7.15. The number of hydrogen-bond acceptors (Lipinski definition) is 8. The Kier molecular flexibility index (Phi) is 9.91. The lowest BCUT2D eigenvalue weighted by molar-refractivity contribution is -0.133. The van der Waals surface area contributed by atoms with Gasteiger partial charge in [0.05, 0.1) is 46.3 Å². The van der Waals surface area contributed by atoms with E-state index in [9.17, 15) is 9.59 Å². The van der Waals surface area contributed by atoms with Crippen molar-refractivity contribution in [3.8, 4) is 17.2 Å². The third-order valence-corrected chi connectivity index (χ3v) is 7.81. The van der Waals surface area contributed by atoms with Gasteiger partial charge in [0.15, 0.2) is 0 Å². The summed E-state index contributed by atoms with van der Waals surface area (Å²) in [4.78, 5) is 31.8. The van der Waals surface area contributed by atoms with E-state index >= 15 is 0 Å². The van der Waals surface area contributed by atoms with Crippen molar-refractivity contribution in [2.24, 2.45) is 5.10 Å². The maximum absolute atomic E-state index is 14.1. The van der Waals surface area contributed by atoms with Gasteiger partial charge in [-0.15, -0.1) is 0 Å². The van der Waals surface area contributed by atoms with E-state index in [0.29, 0.717) is 55.5 Å². The van der Waals surface area contributed by atoms with Crippen LogP contribution in [-0.4, -0.2) is 99.6 Å². The molecular weight excluding hydrogens is 548 g/mol. The van der Waals surface area contributed by atoms with Gasteiger partial charge in [0.2, 0.25) is 0 Å². The summed E-state index contributed by atoms with van der Waals surface area (Å²) in [6.45, 7) is 3.77. The van der Waals surface area contributed by atoms with Crippen molar-refractivity contribution >= 4 is 17.5 Å². The lowest BCUT2D eigenvalue weighted by Gasteiger charge is -2.31. The second kappa shape index (κ2) is 14.2. The van der Waals surface area contributed by atoms with Crippen LogP contribution in [0, 0.1) is 0 Å². The van der Waals surface area contributed by atoms with E-state index in [1.54, 1.807) is 50.5 Å². The summed E-state index contributed by atoms with van der Waals surface area (Å²) in [6.07, 6.45) is 0.486. The van der Waals surface area contributed by atoms with Crippen molar-refractivity contribution < 1.29 is 28.5 Å². The molecule has 0 N–H and O–H groups in total. The van der Waals surface area contributed by atoms with Crippen LogP contribution in [0.15, 0.2) is 77.9 Å². The zero-order valence-corrected chi connectivity index (χ0v) is 24.9. The quantitative estimate of drug-likeness (QED) is 0.337. The Morgan fingerprint density at radius 2 is 1.65 bits per heavy atom. The molecule has 0 aliphatic carbocycles. The minimum absolute atomic E-state index is 0.129. The summed E-state index contributed by atoms with van der Waals surface area (Å²) in [7, 11) is 4.82. The summed E-state index contributed by atoms with van der Waals surface area (Å²) >= 11 is 0. The molecule has 0 bridgehead atoms. The highest BCUT2D eigenvalue weighted by molar-refractivity contribution is 6.04. The fraction of sp³-hybridized carbons (Fsp3) is 0.364. The summed E-state index contributed by atoms with van der Waals surface area (Å²) in [5.74, 6) is 1.53. The number of ether oxygens (including phenoxy) is 4. The van der Waals surface area contributed by atoms with E-state index in [1.165, 1.54) is 5.01 Å². The van der Waals surface area contributed by atoms with Crippen LogP contribution in [0.25, 0.3) is 0 Å². The van der Waals surface area contributed by atoms with Gasteiger partial charge in [-0.2, -0.15) is 5.10 Å². The molecule has 1 saturated heterocycles. The van der Waals surface area contributed by atoms with E-state index in [0.717, 1.165) is 29.9 Å². The Balaban J connectivity index is 1.44. The first kappa shape index (κ1) is 30.1. The number of carbonyl (C=O) groups excluding carboxylic acids is 2. The first-order valence-corrected chi connectivity index (χ1v) is 14.4. The Hall–Kier alpha value is -4.41. The van der Waals surface area contributed by atoms with Crippen LogP contribution >= 0.6 is 0 Å². The predicted octanol–water partition coefficient (Wildman–Crippen LogP) is 3.86. The minimum Gasteiger partial charge on any atom is -0.497 e. The number of nitrogens with zero attached hydrogens (tertiary/aromatic N) is 4. The molecule has 1 atom stereocenters. The summed E-state index contributed by atoms with van der Waals surface area (Å²) < 4.78 is 21.8. The highest BCUT2D eigenvalue weighted by atomic mass is 16.5. The fourth-order valence-corrected chi connectivity index (χ4v) is 5.39. The van der Waals surface area contributed by atoms with Crippen LogP contribution in [0.4, 0.5) is 0 Å². The molecule has 3 aromatic carbocycles. The Bertz CT molecular complexity index is 1440. The zero-order valence-electron chi connectivity index (χ0n) is 24.9. The number of morpholine rings is 1. The summed E-state index contributed by atoms with van der Waals surface area (Å²) in [5, 5.41) is 6.34. The van der Waals surface area contributed by atoms with Crippen molar-refractivity contribution in [3.05, 3.63) is 89.5 Å². The molecule has 0 radical (unpaired) electrons. The maximum Gasteiger partial charge on any atom is 0.262 e. The van der Waals surface area contributed by atoms with E-state index in [-0.39, 0.29) is 18.4 Å². The molecule has 0 aromatic heterocycles. The smallest absolute Gasteiger partial charge is 0.262 e. The van der Waals surface area contributed by atoms with Gasteiger partial charge < -0.3 is 23.8 Å². The molecule has 0 unspecified atom stereocenters. The zero-order chi connectivity index (χ0) is 30.2. The number of carbonyl (C=O) groups is 2. The maximum atomic E-state index is 14.1. The van der Waals surface area contributed by atoms with Crippen LogP contribution < -0.4 is 14.2 Å². The van der Waals surface area contributed by atoms with Gasteiger partial charge in [0.1, 0.15) is 23.8 Å². The second-order valence-electron chi connectivity index (χ2n) is 10.4. The van der Waals surface area contributed by atoms with Gasteiger partial charge in [-0.1, -0.05) is 30.3 Å². The SMILES string of the molecule is COc1ccc(C(=O)N(CCN2CCOCC2)CC(=O)N2N=C(c3cccc(OC)c3)C[C@H]2c2ccccc2OC)cc1. The molecule has 2 amide bonds. The number of hydrazone groups is 1. The molecule has 2 aliphatic rings. The number of para-hydroxylation sites is 1. The fourth-order valence-electron chi connectivity index (χ4n) is 5.39. The van der Waals surface area contributed by atoms with Crippen LogP contribution in [0.2, 0.25) is 0 Å². The molecule has 226 valence electrons. The summed E-state index contributed by atoms with van der Waals surface area (Å²) in [6, 6.07) is 21.8. The predicted molar refractivity (Wildman–Crippen MR) is 163 cm³/mol. The van der Waals surface area contributed by atoms with Gasteiger partial charge in [-0.25, -0.2) is 5.01 Å². The molecule has 0 spiro atoms. The van der Waals surface area contributed by atoms with Crippen LogP contribution in [0.1, 0.15) is 33.9 Å². The van der Waals surface area contributed by atoms with Crippen molar-refractivity contribution in [2.75, 3.05) is 67.3 Å². The Morgan fingerprint density at radius 1 is 0.907 bits per heavy atom. The van der Waals surface area contributed by atoms with Crippen molar-refractivity contribution in [1.29, 1.82) is 0 Å². The largest absolute Gasteiger partial charge is 0.497 e. The Labute approximate surface area is 252 Å². The number of hydrogen-bond donors (Lipinski definition) is 0. The highest BCUT2D eigenvalue weighted by Crippen LogP contribution is 2.38. The molecule has 10 heteroatoms. The third-order valence-electron chi connectivity index (χ3n) is 7.81. The number of benzene rings is 3. The molecular formula is C33H38N4O6. The van der Waals surface area contributed by atoms with Crippen LogP contribution in [0.3, 0.4) is 0 Å². The number of amides is 2. The normalized spacial score (nSPS) is 16.9. The molecule has 5 rings (SSSR count). The van der Waals surface area contributed by atoms with Crippen molar-refractivity contribution in [3.63, 3.8) is 0 Å². The standard InChI is InChI=1S/C33H38N4O6/c1-40-26-13-11-24(12-14-26)33(39)36(16-15-35-17-19-43-20-18-35)23-32(38)37-30(28-9-4-5-10-31(28)42-3)22-29(34-37)25-7-6-8-27(21-25)41-2/h4-14,21,30H,15-20,22-23H2,1-3H3/t30-/m0/s1. The molecule has 2 heterocycles. The van der Waals surface area contributed by atoms with E-state index in [2.05, 4.69) is 4.90 Å². The van der Waals surface area contributed by atoms with E-state index in [1.807, 2.05) is 48.5 Å². The molecule has 3 aromatic rings. The summed E-state index contributed by atoms with van der Waals surface area (Å²) in [5.41, 5.74) is 2.96. The van der Waals surface area contributed by atoms with Crippen LogP contribution in [0.5, 0.6) is 17.2 Å². The lowest BCUT2D eigenvalue weighted by Crippen LogP contribution is -2.46.